The summed E-state index contributed by atoms with van der Waals surface area (Å²) in [5, 5.41) is 0. The van der Waals surface area contributed by atoms with Gasteiger partial charge in [0.1, 0.15) is 11.6 Å². The highest BCUT2D eigenvalue weighted by Crippen LogP contribution is 2.29. The van der Waals surface area contributed by atoms with Crippen molar-refractivity contribution in [3.63, 3.8) is 0 Å². The summed E-state index contributed by atoms with van der Waals surface area (Å²) in [5.41, 5.74) is 6.05. The molecule has 0 unspecified atom stereocenters. The number of nitrogens with zero attached hydrogens (tertiary/aromatic N) is 1. The van der Waals surface area contributed by atoms with Gasteiger partial charge in [-0.1, -0.05) is 6.42 Å². The first kappa shape index (κ1) is 22.4. The molecule has 9 heteroatoms. The summed E-state index contributed by atoms with van der Waals surface area (Å²) in [6, 6.07) is 4.78. The Kier molecular flexibility index (Phi) is 6.83. The predicted molar refractivity (Wildman–Crippen MR) is 116 cm³/mol. The standard InChI is InChI=1S/C23H25F2N3O3S/c24-16-6-7-17(18(25)13-16)23(31)28-10-8-14(9-11-28)21(29)26-27-22(30)20-12-15-4-2-1-3-5-19(15)32-20/h6-7,12-14H,1-5,8-11H2,(H,26,29)(H,27,30). The van der Waals surface area contributed by atoms with Gasteiger partial charge < -0.3 is 4.90 Å². The van der Waals surface area contributed by atoms with Gasteiger partial charge in [0.25, 0.3) is 11.8 Å². The average molecular weight is 462 g/mol. The molecule has 1 aliphatic heterocycles. The first-order chi connectivity index (χ1) is 15.4. The molecule has 1 aliphatic carbocycles. The van der Waals surface area contributed by atoms with Crippen LogP contribution in [0.15, 0.2) is 24.3 Å². The minimum Gasteiger partial charge on any atom is -0.339 e. The number of thiophene rings is 1. The van der Waals surface area contributed by atoms with Gasteiger partial charge in [0.15, 0.2) is 0 Å². The molecule has 1 saturated heterocycles. The lowest BCUT2D eigenvalue weighted by Gasteiger charge is -2.31. The highest BCUT2D eigenvalue weighted by molar-refractivity contribution is 7.14. The van der Waals surface area contributed by atoms with E-state index >= 15 is 0 Å². The number of piperidine rings is 1. The van der Waals surface area contributed by atoms with E-state index in [1.54, 1.807) is 0 Å². The van der Waals surface area contributed by atoms with Crippen LogP contribution >= 0.6 is 11.3 Å². The first-order valence-corrected chi connectivity index (χ1v) is 11.7. The number of nitrogens with one attached hydrogen (secondary N) is 2. The van der Waals surface area contributed by atoms with E-state index in [-0.39, 0.29) is 36.4 Å². The zero-order valence-electron chi connectivity index (χ0n) is 17.6. The summed E-state index contributed by atoms with van der Waals surface area (Å²) >= 11 is 1.49. The Balaban J connectivity index is 1.26. The number of aryl methyl sites for hydroxylation is 2. The summed E-state index contributed by atoms with van der Waals surface area (Å²) < 4.78 is 26.9. The largest absolute Gasteiger partial charge is 0.339 e. The lowest BCUT2D eigenvalue weighted by Crippen LogP contribution is -2.48. The van der Waals surface area contributed by atoms with Crippen LogP contribution in [0.25, 0.3) is 0 Å². The molecule has 32 heavy (non-hydrogen) atoms. The zero-order chi connectivity index (χ0) is 22.7. The zero-order valence-corrected chi connectivity index (χ0v) is 18.4. The van der Waals surface area contributed by atoms with Crippen LogP contribution in [0.1, 0.15) is 62.6 Å². The van der Waals surface area contributed by atoms with Crippen molar-refractivity contribution >= 4 is 29.1 Å². The van der Waals surface area contributed by atoms with Crippen LogP contribution in [0.4, 0.5) is 8.78 Å². The SMILES string of the molecule is O=C(NNC(=O)C1CCN(C(=O)c2ccc(F)cc2F)CC1)c1cc2c(s1)CCCCC2. The van der Waals surface area contributed by atoms with E-state index in [1.807, 2.05) is 6.07 Å². The number of hydrogen-bond acceptors (Lipinski definition) is 4. The fourth-order valence-electron chi connectivity index (χ4n) is 4.24. The van der Waals surface area contributed by atoms with E-state index in [9.17, 15) is 23.2 Å². The van der Waals surface area contributed by atoms with Crippen LogP contribution in [0.3, 0.4) is 0 Å². The molecule has 4 rings (SSSR count). The molecule has 1 aromatic carbocycles. The maximum atomic E-state index is 13.9. The molecule has 170 valence electrons. The summed E-state index contributed by atoms with van der Waals surface area (Å²) in [5.74, 6) is -3.16. The van der Waals surface area contributed by atoms with Gasteiger partial charge in [0.2, 0.25) is 5.91 Å². The molecule has 0 bridgehead atoms. The minimum absolute atomic E-state index is 0.184. The third kappa shape index (κ3) is 4.98. The van der Waals surface area contributed by atoms with Crippen LogP contribution in [-0.4, -0.2) is 35.7 Å². The number of fused-ring (bicyclic) bond motifs is 1. The van der Waals surface area contributed by atoms with E-state index < -0.39 is 17.5 Å². The Bertz CT molecular complexity index is 1010. The van der Waals surface area contributed by atoms with Gasteiger partial charge in [0.05, 0.1) is 10.4 Å². The lowest BCUT2D eigenvalue weighted by molar-refractivity contribution is -0.127. The topological polar surface area (TPSA) is 78.5 Å². The van der Waals surface area contributed by atoms with Gasteiger partial charge in [-0.05, 0) is 62.3 Å². The van der Waals surface area contributed by atoms with Crippen molar-refractivity contribution in [2.24, 2.45) is 5.92 Å². The molecule has 0 radical (unpaired) electrons. The highest BCUT2D eigenvalue weighted by Gasteiger charge is 2.29. The number of carbonyl (C=O) groups excluding carboxylic acids is 3. The summed E-state index contributed by atoms with van der Waals surface area (Å²) in [4.78, 5) is 40.7. The molecule has 2 heterocycles. The van der Waals surface area contributed by atoms with E-state index in [1.165, 1.54) is 33.1 Å². The fraction of sp³-hybridized carbons (Fsp3) is 0.435. The molecular weight excluding hydrogens is 436 g/mol. The van der Waals surface area contributed by atoms with Crippen LogP contribution in [-0.2, 0) is 17.6 Å². The summed E-state index contributed by atoms with van der Waals surface area (Å²) in [6.07, 6.45) is 6.26. The highest BCUT2D eigenvalue weighted by atomic mass is 32.1. The van der Waals surface area contributed by atoms with Crippen molar-refractivity contribution < 1.29 is 23.2 Å². The molecule has 1 fully saturated rings. The van der Waals surface area contributed by atoms with Crippen molar-refractivity contribution in [3.8, 4) is 0 Å². The van der Waals surface area contributed by atoms with Gasteiger partial charge in [-0.3, -0.25) is 25.2 Å². The van der Waals surface area contributed by atoms with Gasteiger partial charge in [-0.2, -0.15) is 0 Å². The Hall–Kier alpha value is -2.81. The van der Waals surface area contributed by atoms with Gasteiger partial charge in [-0.15, -0.1) is 11.3 Å². The number of carbonyl (C=O) groups is 3. The average Bonchev–Trinajstić information content (AvgIpc) is 3.07. The second-order valence-electron chi connectivity index (χ2n) is 8.25. The third-order valence-corrected chi connectivity index (χ3v) is 7.32. The number of likely N-dealkylation sites (tertiary alicyclic amines) is 1. The molecule has 2 aliphatic rings. The van der Waals surface area contributed by atoms with Crippen LogP contribution in [0.2, 0.25) is 0 Å². The van der Waals surface area contributed by atoms with E-state index in [0.717, 1.165) is 37.8 Å². The molecule has 1 aromatic heterocycles. The van der Waals surface area contributed by atoms with Crippen LogP contribution < -0.4 is 10.9 Å². The molecule has 2 N–H and O–H groups in total. The molecule has 0 spiro atoms. The monoisotopic (exact) mass is 461 g/mol. The molecule has 6 nitrogen and oxygen atoms in total. The first-order valence-electron chi connectivity index (χ1n) is 10.9. The van der Waals surface area contributed by atoms with Crippen LogP contribution in [0, 0.1) is 17.6 Å². The smallest absolute Gasteiger partial charge is 0.279 e. The number of halogens is 2. The number of rotatable bonds is 3. The number of hydrazine groups is 1. The Morgan fingerprint density at radius 1 is 0.969 bits per heavy atom. The quantitative estimate of drug-likeness (QED) is 0.542. The van der Waals surface area contributed by atoms with Gasteiger partial charge in [-0.25, -0.2) is 8.78 Å². The Morgan fingerprint density at radius 2 is 1.72 bits per heavy atom. The fourth-order valence-corrected chi connectivity index (χ4v) is 5.39. The van der Waals surface area contributed by atoms with E-state index in [2.05, 4.69) is 10.9 Å². The molecule has 2 aromatic rings. The Labute approximate surface area is 189 Å². The van der Waals surface area contributed by atoms with E-state index in [4.69, 9.17) is 0 Å². The second-order valence-corrected chi connectivity index (χ2v) is 9.39. The molecule has 0 saturated carbocycles. The van der Waals surface area contributed by atoms with E-state index in [0.29, 0.717) is 23.8 Å². The van der Waals surface area contributed by atoms with Crippen molar-refractivity contribution in [1.29, 1.82) is 0 Å². The van der Waals surface area contributed by atoms with Crippen molar-refractivity contribution in [1.82, 2.24) is 15.8 Å². The van der Waals surface area contributed by atoms with Crippen molar-refractivity contribution in [2.45, 2.75) is 44.9 Å². The van der Waals surface area contributed by atoms with Gasteiger partial charge >= 0.3 is 0 Å². The summed E-state index contributed by atoms with van der Waals surface area (Å²) in [7, 11) is 0. The van der Waals surface area contributed by atoms with Gasteiger partial charge in [0, 0.05) is 30.0 Å². The lowest BCUT2D eigenvalue weighted by atomic mass is 9.95. The normalized spacial score (nSPS) is 16.8. The van der Waals surface area contributed by atoms with Crippen molar-refractivity contribution in [2.75, 3.05) is 13.1 Å². The molecule has 0 atom stereocenters. The minimum atomic E-state index is -0.900. The Morgan fingerprint density at radius 3 is 2.47 bits per heavy atom. The molecule has 3 amide bonds. The predicted octanol–water partition coefficient (Wildman–Crippen LogP) is 3.61. The maximum Gasteiger partial charge on any atom is 0.279 e. The number of amides is 3. The third-order valence-electron chi connectivity index (χ3n) is 6.08. The second kappa shape index (κ2) is 9.77. The van der Waals surface area contributed by atoms with Crippen LogP contribution in [0.5, 0.6) is 0 Å². The molecular formula is C23H25F2N3O3S. The number of benzene rings is 1. The van der Waals surface area contributed by atoms with Crippen molar-refractivity contribution in [3.05, 3.63) is 56.8 Å². The number of hydrogen-bond donors (Lipinski definition) is 2. The maximum absolute atomic E-state index is 13.9. The summed E-state index contributed by atoms with van der Waals surface area (Å²) in [6.45, 7) is 0.554.